The Morgan fingerprint density at radius 1 is 1.33 bits per heavy atom. The second kappa shape index (κ2) is 8.56. The van der Waals surface area contributed by atoms with E-state index in [1.165, 1.54) is 12.3 Å². The van der Waals surface area contributed by atoms with Gasteiger partial charge in [-0.1, -0.05) is 12.1 Å². The molecule has 0 aliphatic carbocycles. The monoisotopic (exact) mass is 372 g/mol. The average Bonchev–Trinajstić information content (AvgIpc) is 3.11. The third-order valence-corrected chi connectivity index (χ3v) is 4.17. The second-order valence-electron chi connectivity index (χ2n) is 6.14. The number of furan rings is 1. The first-order chi connectivity index (χ1) is 13.0. The topological polar surface area (TPSA) is 110 Å². The third kappa shape index (κ3) is 4.99. The lowest BCUT2D eigenvalue weighted by molar-refractivity contribution is -0.385. The fourth-order valence-corrected chi connectivity index (χ4v) is 2.70. The Morgan fingerprint density at radius 2 is 2.11 bits per heavy atom. The Balaban J connectivity index is 1.59. The molecule has 3 rings (SSSR count). The normalized spacial score (nSPS) is 15.1. The molecule has 1 amide bonds. The zero-order valence-corrected chi connectivity index (χ0v) is 14.9. The molecule has 0 spiro atoms. The Kier molecular flexibility index (Phi) is 5.94. The van der Waals surface area contributed by atoms with Crippen LogP contribution >= 0.6 is 0 Å². The van der Waals surface area contributed by atoms with E-state index in [4.69, 9.17) is 9.15 Å². The number of benzene rings is 1. The smallest absolute Gasteiger partial charge is 0.273 e. The van der Waals surface area contributed by atoms with E-state index in [0.29, 0.717) is 35.9 Å². The number of carbonyl (C=O) groups excluding carboxylic acids is 1. The summed E-state index contributed by atoms with van der Waals surface area (Å²) in [6.07, 6.45) is 1.39. The molecule has 1 N–H and O–H groups in total. The minimum Gasteiger partial charge on any atom is -0.455 e. The summed E-state index contributed by atoms with van der Waals surface area (Å²) in [4.78, 5) is 24.5. The molecule has 0 unspecified atom stereocenters. The van der Waals surface area contributed by atoms with E-state index in [1.807, 2.05) is 4.90 Å². The van der Waals surface area contributed by atoms with Crippen LogP contribution < -0.4 is 5.43 Å². The molecule has 1 aromatic carbocycles. The SMILES string of the molecule is Cc1ccc(-c2ccc(C=NNC(=O)CN3CCOCC3)o2)cc1[N+](=O)[O-]. The highest BCUT2D eigenvalue weighted by molar-refractivity contribution is 5.82. The number of hydrazone groups is 1. The van der Waals surface area contributed by atoms with Crippen molar-refractivity contribution in [1.29, 1.82) is 0 Å². The van der Waals surface area contributed by atoms with Crippen LogP contribution in [0.25, 0.3) is 11.3 Å². The van der Waals surface area contributed by atoms with E-state index in [0.717, 1.165) is 13.1 Å². The van der Waals surface area contributed by atoms with Gasteiger partial charge >= 0.3 is 0 Å². The predicted octanol–water partition coefficient (Wildman–Crippen LogP) is 1.95. The summed E-state index contributed by atoms with van der Waals surface area (Å²) in [7, 11) is 0. The van der Waals surface area contributed by atoms with E-state index >= 15 is 0 Å². The minimum absolute atomic E-state index is 0.0366. The first kappa shape index (κ1) is 18.7. The quantitative estimate of drug-likeness (QED) is 0.471. The van der Waals surface area contributed by atoms with Crippen LogP contribution in [0.2, 0.25) is 0 Å². The number of carbonyl (C=O) groups is 1. The third-order valence-electron chi connectivity index (χ3n) is 4.17. The molecule has 0 bridgehead atoms. The average molecular weight is 372 g/mol. The van der Waals surface area contributed by atoms with Crippen LogP contribution in [0.15, 0.2) is 39.9 Å². The van der Waals surface area contributed by atoms with Crippen LogP contribution in [0, 0.1) is 17.0 Å². The van der Waals surface area contributed by atoms with Crippen molar-refractivity contribution in [3.63, 3.8) is 0 Å². The van der Waals surface area contributed by atoms with E-state index < -0.39 is 4.92 Å². The van der Waals surface area contributed by atoms with E-state index in [1.54, 1.807) is 31.2 Å². The molecule has 2 aromatic rings. The number of amides is 1. The molecule has 1 aliphatic heterocycles. The molecular weight excluding hydrogens is 352 g/mol. The van der Waals surface area contributed by atoms with Gasteiger partial charge in [0.05, 0.1) is 30.9 Å². The summed E-state index contributed by atoms with van der Waals surface area (Å²) in [5, 5.41) is 15.0. The zero-order chi connectivity index (χ0) is 19.2. The lowest BCUT2D eigenvalue weighted by Gasteiger charge is -2.25. The number of hydrogen-bond acceptors (Lipinski definition) is 7. The van der Waals surface area contributed by atoms with Gasteiger partial charge in [0, 0.05) is 30.3 Å². The van der Waals surface area contributed by atoms with Crippen molar-refractivity contribution in [2.24, 2.45) is 5.10 Å². The number of nitro groups is 1. The van der Waals surface area contributed by atoms with Gasteiger partial charge in [0.1, 0.15) is 11.5 Å². The van der Waals surface area contributed by atoms with Gasteiger partial charge < -0.3 is 9.15 Å². The number of nitro benzene ring substituents is 1. The summed E-state index contributed by atoms with van der Waals surface area (Å²) in [5.41, 5.74) is 3.68. The largest absolute Gasteiger partial charge is 0.455 e. The molecule has 1 saturated heterocycles. The van der Waals surface area contributed by atoms with Gasteiger partial charge in [-0.15, -0.1) is 0 Å². The van der Waals surface area contributed by atoms with Crippen LogP contribution in [-0.2, 0) is 9.53 Å². The maximum atomic E-state index is 11.9. The summed E-state index contributed by atoms with van der Waals surface area (Å²) in [6.45, 7) is 4.65. The highest BCUT2D eigenvalue weighted by atomic mass is 16.6. The first-order valence-corrected chi connectivity index (χ1v) is 8.50. The van der Waals surface area contributed by atoms with Crippen LogP contribution in [0.4, 0.5) is 5.69 Å². The van der Waals surface area contributed by atoms with Crippen molar-refractivity contribution in [3.8, 4) is 11.3 Å². The van der Waals surface area contributed by atoms with Crippen molar-refractivity contribution in [3.05, 3.63) is 51.8 Å². The number of morpholine rings is 1. The molecule has 9 heteroatoms. The summed E-state index contributed by atoms with van der Waals surface area (Å²) in [5.74, 6) is 0.702. The maximum Gasteiger partial charge on any atom is 0.273 e. The van der Waals surface area contributed by atoms with Crippen LogP contribution in [0.5, 0.6) is 0 Å². The Labute approximate surface area is 155 Å². The van der Waals surface area contributed by atoms with Gasteiger partial charge in [0.15, 0.2) is 0 Å². The Morgan fingerprint density at radius 3 is 2.85 bits per heavy atom. The van der Waals surface area contributed by atoms with Crippen molar-refractivity contribution in [2.45, 2.75) is 6.92 Å². The van der Waals surface area contributed by atoms with E-state index in [2.05, 4.69) is 10.5 Å². The van der Waals surface area contributed by atoms with Crippen LogP contribution in [0.1, 0.15) is 11.3 Å². The number of nitrogens with one attached hydrogen (secondary N) is 1. The number of hydrogen-bond donors (Lipinski definition) is 1. The molecule has 1 fully saturated rings. The molecule has 0 radical (unpaired) electrons. The lowest BCUT2D eigenvalue weighted by Crippen LogP contribution is -2.42. The van der Waals surface area contributed by atoms with Gasteiger partial charge in [0.2, 0.25) is 0 Å². The molecule has 9 nitrogen and oxygen atoms in total. The van der Waals surface area contributed by atoms with E-state index in [9.17, 15) is 14.9 Å². The molecule has 1 aliphatic rings. The van der Waals surface area contributed by atoms with Gasteiger partial charge in [0.25, 0.3) is 11.6 Å². The maximum absolute atomic E-state index is 11.9. The van der Waals surface area contributed by atoms with Crippen LogP contribution in [0.3, 0.4) is 0 Å². The molecule has 142 valence electrons. The molecule has 1 aromatic heterocycles. The second-order valence-corrected chi connectivity index (χ2v) is 6.14. The highest BCUT2D eigenvalue weighted by Gasteiger charge is 2.14. The Bertz CT molecular complexity index is 855. The van der Waals surface area contributed by atoms with Crippen molar-refractivity contribution in [2.75, 3.05) is 32.8 Å². The van der Waals surface area contributed by atoms with Gasteiger partial charge in [-0.05, 0) is 19.1 Å². The lowest BCUT2D eigenvalue weighted by atomic mass is 10.1. The first-order valence-electron chi connectivity index (χ1n) is 8.50. The van der Waals surface area contributed by atoms with Gasteiger partial charge in [-0.2, -0.15) is 5.10 Å². The molecular formula is C18H20N4O5. The van der Waals surface area contributed by atoms with E-state index in [-0.39, 0.29) is 18.1 Å². The van der Waals surface area contributed by atoms with Crippen molar-refractivity contribution < 1.29 is 18.9 Å². The zero-order valence-electron chi connectivity index (χ0n) is 14.9. The number of ether oxygens (including phenoxy) is 1. The fraction of sp³-hybridized carbons (Fsp3) is 0.333. The Hall–Kier alpha value is -3.04. The number of aryl methyl sites for hydroxylation is 1. The molecule has 0 atom stereocenters. The summed E-state index contributed by atoms with van der Waals surface area (Å²) < 4.78 is 10.9. The molecule has 0 saturated carbocycles. The summed E-state index contributed by atoms with van der Waals surface area (Å²) >= 11 is 0. The minimum atomic E-state index is -0.422. The van der Waals surface area contributed by atoms with Gasteiger partial charge in [-0.3, -0.25) is 19.8 Å². The molecule has 27 heavy (non-hydrogen) atoms. The van der Waals surface area contributed by atoms with Crippen LogP contribution in [-0.4, -0.2) is 54.8 Å². The standard InChI is InChI=1S/C18H20N4O5/c1-13-2-3-14(10-16(13)22(24)25)17-5-4-15(27-17)11-19-20-18(23)12-21-6-8-26-9-7-21/h2-5,10-11H,6-9,12H2,1H3,(H,20,23). The predicted molar refractivity (Wildman–Crippen MR) is 98.5 cm³/mol. The highest BCUT2D eigenvalue weighted by Crippen LogP contribution is 2.27. The number of nitrogens with zero attached hydrogens (tertiary/aromatic N) is 3. The van der Waals surface area contributed by atoms with Crippen molar-refractivity contribution >= 4 is 17.8 Å². The number of rotatable bonds is 6. The van der Waals surface area contributed by atoms with Gasteiger partial charge in [-0.25, -0.2) is 5.43 Å². The summed E-state index contributed by atoms with van der Waals surface area (Å²) in [6, 6.07) is 8.28. The molecule has 2 heterocycles. The fourth-order valence-electron chi connectivity index (χ4n) is 2.70. The van der Waals surface area contributed by atoms with Crippen molar-refractivity contribution in [1.82, 2.24) is 10.3 Å².